The lowest BCUT2D eigenvalue weighted by Crippen LogP contribution is -2.57. The number of carbonyl (C=O) groups excluding carboxylic acids is 2. The predicted molar refractivity (Wildman–Crippen MR) is 159 cm³/mol. The molecule has 18 heteroatoms. The van der Waals surface area contributed by atoms with Crippen LogP contribution in [0.1, 0.15) is 49.1 Å². The number of amides is 2. The molecule has 4 rings (SSSR count). The molecule has 2 aliphatic heterocycles. The summed E-state index contributed by atoms with van der Waals surface area (Å²) < 4.78 is 110. The van der Waals surface area contributed by atoms with Gasteiger partial charge in [-0.15, -0.1) is 0 Å². The predicted octanol–water partition coefficient (Wildman–Crippen LogP) is 3.79. The van der Waals surface area contributed by atoms with Gasteiger partial charge in [0.1, 0.15) is 17.7 Å². The molecule has 0 bridgehead atoms. The maximum atomic E-state index is 13.8. The molecule has 0 spiro atoms. The maximum Gasteiger partial charge on any atom is 0.451 e. The molecule has 2 saturated heterocycles. The van der Waals surface area contributed by atoms with Crippen molar-refractivity contribution >= 4 is 33.6 Å². The van der Waals surface area contributed by atoms with Crippen molar-refractivity contribution in [3.63, 3.8) is 0 Å². The van der Waals surface area contributed by atoms with Crippen LogP contribution in [0, 0.1) is 5.92 Å². The Morgan fingerprint density at radius 2 is 1.62 bits per heavy atom. The van der Waals surface area contributed by atoms with Crippen LogP contribution in [0.25, 0.3) is 0 Å². The second-order valence-corrected chi connectivity index (χ2v) is 13.3. The largest absolute Gasteiger partial charge is 0.451 e. The van der Waals surface area contributed by atoms with Gasteiger partial charge in [0, 0.05) is 52.3 Å². The van der Waals surface area contributed by atoms with E-state index in [1.165, 1.54) is 35.0 Å². The Hall–Kier alpha value is -3.67. The molecule has 0 aliphatic carbocycles. The molecule has 47 heavy (non-hydrogen) atoms. The van der Waals surface area contributed by atoms with Crippen molar-refractivity contribution in [2.24, 2.45) is 5.92 Å². The van der Waals surface area contributed by atoms with Crippen molar-refractivity contribution in [1.82, 2.24) is 20.2 Å². The summed E-state index contributed by atoms with van der Waals surface area (Å²) in [4.78, 5) is 37.1. The fourth-order valence-electron chi connectivity index (χ4n) is 5.45. The molecule has 0 radical (unpaired) electrons. The highest BCUT2D eigenvalue weighted by molar-refractivity contribution is 7.85. The molecule has 2 aliphatic rings. The van der Waals surface area contributed by atoms with Crippen LogP contribution in [0.15, 0.2) is 30.3 Å². The molecule has 0 unspecified atom stereocenters. The standard InChI is InChI=1S/C29H36F6N6O5S/c1-39(16-17-47(44,45)46)25(42)7-4-20-9-13-40(14-10-20)23-18-24(38-27(37-23)29(33,34)35)41-15-11-22(41)26(43)36-12-8-19-2-5-21(6-3-19)28(30,31)32/h2-3,5-6,18,20,22H,4,7-17H2,1H3,(H,36,43)(H,44,45,46)/t22-/m0/s1. The molecule has 260 valence electrons. The van der Waals surface area contributed by atoms with Crippen LogP contribution in [0.2, 0.25) is 0 Å². The summed E-state index contributed by atoms with van der Waals surface area (Å²) in [5.41, 5.74) is -0.201. The zero-order chi connectivity index (χ0) is 34.6. The monoisotopic (exact) mass is 694 g/mol. The number of hydrogen-bond acceptors (Lipinski definition) is 8. The van der Waals surface area contributed by atoms with Crippen molar-refractivity contribution in [3.8, 4) is 0 Å². The highest BCUT2D eigenvalue weighted by atomic mass is 32.2. The van der Waals surface area contributed by atoms with E-state index in [0.29, 0.717) is 50.9 Å². The minimum Gasteiger partial charge on any atom is -0.356 e. The lowest BCUT2D eigenvalue weighted by Gasteiger charge is -2.41. The van der Waals surface area contributed by atoms with Crippen molar-refractivity contribution in [2.45, 2.75) is 56.9 Å². The van der Waals surface area contributed by atoms with Crippen LogP contribution in [0.4, 0.5) is 38.0 Å². The van der Waals surface area contributed by atoms with E-state index in [0.717, 1.165) is 12.1 Å². The molecular weight excluding hydrogens is 658 g/mol. The van der Waals surface area contributed by atoms with E-state index in [1.54, 1.807) is 4.90 Å². The summed E-state index contributed by atoms with van der Waals surface area (Å²) in [7, 11) is -2.75. The number of anilines is 2. The van der Waals surface area contributed by atoms with Gasteiger partial charge in [0.15, 0.2) is 0 Å². The van der Waals surface area contributed by atoms with Gasteiger partial charge in [0.25, 0.3) is 10.1 Å². The van der Waals surface area contributed by atoms with E-state index in [4.69, 9.17) is 4.55 Å². The molecule has 1 atom stereocenters. The van der Waals surface area contributed by atoms with Crippen molar-refractivity contribution in [1.29, 1.82) is 0 Å². The minimum atomic E-state index is -4.84. The van der Waals surface area contributed by atoms with Crippen LogP contribution in [-0.2, 0) is 38.5 Å². The average Bonchev–Trinajstić information content (AvgIpc) is 2.97. The Balaban J connectivity index is 1.33. The van der Waals surface area contributed by atoms with Gasteiger partial charge in [-0.1, -0.05) is 12.1 Å². The minimum absolute atomic E-state index is 0.0443. The molecule has 2 fully saturated rings. The van der Waals surface area contributed by atoms with Gasteiger partial charge in [-0.2, -0.15) is 34.8 Å². The van der Waals surface area contributed by atoms with Gasteiger partial charge in [-0.05, 0) is 55.7 Å². The zero-order valence-electron chi connectivity index (χ0n) is 25.5. The van der Waals surface area contributed by atoms with Crippen molar-refractivity contribution in [2.75, 3.05) is 55.3 Å². The number of piperidine rings is 1. The summed E-state index contributed by atoms with van der Waals surface area (Å²) in [6.45, 7) is 1.02. The Labute approximate surface area is 268 Å². The van der Waals surface area contributed by atoms with Crippen LogP contribution in [0.3, 0.4) is 0 Å². The summed E-state index contributed by atoms with van der Waals surface area (Å²) in [5.74, 6) is -2.48. The van der Waals surface area contributed by atoms with E-state index in [2.05, 4.69) is 15.3 Å². The van der Waals surface area contributed by atoms with Gasteiger partial charge >= 0.3 is 12.4 Å². The van der Waals surface area contributed by atoms with Gasteiger partial charge in [0.2, 0.25) is 17.6 Å². The first-order valence-electron chi connectivity index (χ1n) is 15.0. The van der Waals surface area contributed by atoms with Crippen LogP contribution in [-0.4, -0.2) is 91.2 Å². The number of benzene rings is 1. The van der Waals surface area contributed by atoms with Crippen molar-refractivity contribution < 1.29 is 48.9 Å². The molecule has 3 heterocycles. The molecule has 1 aromatic heterocycles. The van der Waals surface area contributed by atoms with Crippen LogP contribution in [0.5, 0.6) is 0 Å². The second kappa shape index (κ2) is 14.6. The Morgan fingerprint density at radius 3 is 2.17 bits per heavy atom. The highest BCUT2D eigenvalue weighted by Crippen LogP contribution is 2.35. The smallest absolute Gasteiger partial charge is 0.356 e. The molecule has 11 nitrogen and oxygen atoms in total. The van der Waals surface area contributed by atoms with E-state index in [9.17, 15) is 44.3 Å². The van der Waals surface area contributed by atoms with Gasteiger partial charge < -0.3 is 20.0 Å². The summed E-state index contributed by atoms with van der Waals surface area (Å²) in [5, 5.41) is 2.70. The lowest BCUT2D eigenvalue weighted by atomic mass is 9.92. The molecule has 2 N–H and O–H groups in total. The first kappa shape index (κ1) is 36.2. The quantitative estimate of drug-likeness (QED) is 0.251. The van der Waals surface area contributed by atoms with Crippen molar-refractivity contribution in [3.05, 3.63) is 47.3 Å². The molecule has 2 amide bonds. The maximum absolute atomic E-state index is 13.8. The second-order valence-electron chi connectivity index (χ2n) is 11.7. The van der Waals surface area contributed by atoms with Gasteiger partial charge in [-0.3, -0.25) is 14.1 Å². The third-order valence-electron chi connectivity index (χ3n) is 8.38. The number of rotatable bonds is 12. The Bertz CT molecular complexity index is 1510. The lowest BCUT2D eigenvalue weighted by molar-refractivity contribution is -0.144. The van der Waals surface area contributed by atoms with E-state index < -0.39 is 51.6 Å². The average molecular weight is 695 g/mol. The first-order chi connectivity index (χ1) is 21.9. The van der Waals surface area contributed by atoms with E-state index >= 15 is 0 Å². The Morgan fingerprint density at radius 1 is 0.979 bits per heavy atom. The molecule has 1 aromatic carbocycles. The first-order valence-corrected chi connectivity index (χ1v) is 16.6. The number of nitrogens with one attached hydrogen (secondary N) is 1. The zero-order valence-corrected chi connectivity index (χ0v) is 26.3. The molecule has 2 aromatic rings. The number of hydrogen-bond donors (Lipinski definition) is 2. The summed E-state index contributed by atoms with van der Waals surface area (Å²) in [6.07, 6.45) is -6.83. The molecule has 0 saturated carbocycles. The topological polar surface area (TPSA) is 136 Å². The van der Waals surface area contributed by atoms with Gasteiger partial charge in [-0.25, -0.2) is 9.97 Å². The van der Waals surface area contributed by atoms with Crippen LogP contribution < -0.4 is 15.1 Å². The summed E-state index contributed by atoms with van der Waals surface area (Å²) >= 11 is 0. The fraction of sp³-hybridized carbons (Fsp3) is 0.586. The van der Waals surface area contributed by atoms with Gasteiger partial charge in [0.05, 0.1) is 11.3 Å². The number of nitrogens with zero attached hydrogens (tertiary/aromatic N) is 5. The Kier molecular flexibility index (Phi) is 11.3. The van der Waals surface area contributed by atoms with E-state index in [-0.39, 0.29) is 49.4 Å². The third kappa shape index (κ3) is 10.2. The number of aromatic nitrogens is 2. The number of alkyl halides is 6. The normalized spacial score (nSPS) is 17.7. The van der Waals surface area contributed by atoms with Crippen LogP contribution >= 0.6 is 0 Å². The third-order valence-corrected chi connectivity index (χ3v) is 9.08. The SMILES string of the molecule is CN(CCS(=O)(=O)O)C(=O)CCC1CCN(c2cc(N3CC[C@H]3C(=O)NCCc3ccc(C(F)(F)F)cc3)nc(C(F)(F)F)n2)CC1. The summed E-state index contributed by atoms with van der Waals surface area (Å²) in [6, 6.07) is 5.21. The fourth-order valence-corrected chi connectivity index (χ4v) is 5.95. The number of halogens is 6. The number of carbonyl (C=O) groups is 2. The molecular formula is C29H36F6N6O5S. The highest BCUT2D eigenvalue weighted by Gasteiger charge is 2.40. The van der Waals surface area contributed by atoms with E-state index in [1.807, 2.05) is 0 Å².